The third-order valence-electron chi connectivity index (χ3n) is 1.65. The monoisotopic (exact) mass is 236 g/mol. The van der Waals surface area contributed by atoms with Crippen LogP contribution in [0.2, 0.25) is 0 Å². The van der Waals surface area contributed by atoms with E-state index in [0.717, 1.165) is 12.3 Å². The van der Waals surface area contributed by atoms with E-state index in [1.54, 1.807) is 0 Å². The van der Waals surface area contributed by atoms with Gasteiger partial charge in [0, 0.05) is 19.7 Å². The van der Waals surface area contributed by atoms with Gasteiger partial charge < -0.3 is 10.1 Å². The number of methoxy groups -OCH3 is 1. The molecule has 1 atom stereocenters. The van der Waals surface area contributed by atoms with Gasteiger partial charge in [0.1, 0.15) is 5.82 Å². The van der Waals surface area contributed by atoms with E-state index in [1.807, 2.05) is 0 Å². The van der Waals surface area contributed by atoms with Crippen LogP contribution in [0.3, 0.4) is 0 Å². The minimum absolute atomic E-state index is 0.0156. The van der Waals surface area contributed by atoms with Crippen molar-refractivity contribution in [2.45, 2.75) is 5.38 Å². The van der Waals surface area contributed by atoms with E-state index in [2.05, 4.69) is 10.3 Å². The highest BCUT2D eigenvalue weighted by Crippen LogP contribution is 2.11. The normalized spacial score (nSPS) is 12.5. The molecule has 1 aromatic heterocycles. The Balaban J connectivity index is 2.50. The summed E-state index contributed by atoms with van der Waals surface area (Å²) in [7, 11) is 1.52. The van der Waals surface area contributed by atoms with Crippen LogP contribution >= 0.6 is 11.6 Å². The Kier molecular flexibility index (Phi) is 4.71. The average Bonchev–Trinajstić information content (AvgIpc) is 2.17. The zero-order valence-corrected chi connectivity index (χ0v) is 8.89. The van der Waals surface area contributed by atoms with E-state index in [9.17, 15) is 8.78 Å². The Hall–Kier alpha value is -0.940. The van der Waals surface area contributed by atoms with Crippen LogP contribution in [0, 0.1) is 11.6 Å². The summed E-state index contributed by atoms with van der Waals surface area (Å²) in [6.07, 6.45) is 0.935. The van der Waals surface area contributed by atoms with Gasteiger partial charge in [-0.05, 0) is 0 Å². The van der Waals surface area contributed by atoms with Gasteiger partial charge in [-0.3, -0.25) is 0 Å². The van der Waals surface area contributed by atoms with Crippen molar-refractivity contribution in [2.24, 2.45) is 0 Å². The largest absolute Gasteiger partial charge is 0.383 e. The van der Waals surface area contributed by atoms with E-state index < -0.39 is 11.6 Å². The molecule has 0 aliphatic rings. The lowest BCUT2D eigenvalue weighted by Gasteiger charge is -2.10. The fourth-order valence-corrected chi connectivity index (χ4v) is 1.19. The Labute approximate surface area is 91.4 Å². The predicted octanol–water partition coefficient (Wildman–Crippen LogP) is 2.03. The molecule has 0 aliphatic carbocycles. The molecular weight excluding hydrogens is 226 g/mol. The molecule has 1 heterocycles. The molecule has 6 heteroatoms. The lowest BCUT2D eigenvalue weighted by atomic mass is 10.4. The second kappa shape index (κ2) is 5.82. The smallest absolute Gasteiger partial charge is 0.168 e. The molecule has 3 nitrogen and oxygen atoms in total. The first-order valence-electron chi connectivity index (χ1n) is 4.31. The lowest BCUT2D eigenvalue weighted by Crippen LogP contribution is -2.20. The molecule has 0 saturated carbocycles. The first kappa shape index (κ1) is 12.1. The van der Waals surface area contributed by atoms with Gasteiger partial charge in [-0.1, -0.05) is 0 Å². The minimum Gasteiger partial charge on any atom is -0.383 e. The Morgan fingerprint density at radius 1 is 1.60 bits per heavy atom. The van der Waals surface area contributed by atoms with Crippen LogP contribution in [-0.4, -0.2) is 30.6 Å². The van der Waals surface area contributed by atoms with E-state index >= 15 is 0 Å². The highest BCUT2D eigenvalue weighted by molar-refractivity contribution is 6.21. The topological polar surface area (TPSA) is 34.1 Å². The zero-order valence-electron chi connectivity index (χ0n) is 8.14. The number of nitrogens with zero attached hydrogens (tertiary/aromatic N) is 1. The summed E-state index contributed by atoms with van der Waals surface area (Å²) in [5.74, 6) is -1.47. The van der Waals surface area contributed by atoms with Gasteiger partial charge in [-0.25, -0.2) is 13.8 Å². The molecule has 1 N–H and O–H groups in total. The number of alkyl halides is 1. The van der Waals surface area contributed by atoms with Crippen LogP contribution in [-0.2, 0) is 4.74 Å². The van der Waals surface area contributed by atoms with Crippen LogP contribution in [0.15, 0.2) is 12.3 Å². The fourth-order valence-electron chi connectivity index (χ4n) is 0.992. The highest BCUT2D eigenvalue weighted by Gasteiger charge is 2.08. The number of halogens is 3. The molecule has 0 radical (unpaired) electrons. The van der Waals surface area contributed by atoms with Gasteiger partial charge in [-0.15, -0.1) is 11.6 Å². The molecule has 0 bridgehead atoms. The van der Waals surface area contributed by atoms with Crippen molar-refractivity contribution in [3.63, 3.8) is 0 Å². The van der Waals surface area contributed by atoms with Crippen LogP contribution in [0.4, 0.5) is 14.6 Å². The van der Waals surface area contributed by atoms with Crippen molar-refractivity contribution in [1.29, 1.82) is 0 Å². The van der Waals surface area contributed by atoms with Gasteiger partial charge in [0.15, 0.2) is 11.6 Å². The van der Waals surface area contributed by atoms with E-state index in [0.29, 0.717) is 13.2 Å². The van der Waals surface area contributed by atoms with Crippen molar-refractivity contribution in [3.05, 3.63) is 23.9 Å². The maximum atomic E-state index is 13.0. The third kappa shape index (κ3) is 3.97. The fraction of sp³-hybridized carbons (Fsp3) is 0.444. The number of rotatable bonds is 5. The number of nitrogens with one attached hydrogen (secondary N) is 1. The molecule has 0 aliphatic heterocycles. The Bertz CT molecular complexity index is 325. The molecule has 0 amide bonds. The summed E-state index contributed by atoms with van der Waals surface area (Å²) >= 11 is 5.80. The number of aromatic nitrogens is 1. The second-order valence-electron chi connectivity index (χ2n) is 2.92. The maximum absolute atomic E-state index is 13.0. The van der Waals surface area contributed by atoms with Crippen molar-refractivity contribution < 1.29 is 13.5 Å². The standard InChI is InChI=1S/C9H11ClF2N2O/c1-15-5-6(10)3-13-9-8(12)2-7(11)4-14-9/h2,4,6H,3,5H2,1H3,(H,13,14). The quantitative estimate of drug-likeness (QED) is 0.795. The van der Waals surface area contributed by atoms with Crippen LogP contribution < -0.4 is 5.32 Å². The van der Waals surface area contributed by atoms with E-state index in [1.165, 1.54) is 7.11 Å². The van der Waals surface area contributed by atoms with Crippen LogP contribution in [0.25, 0.3) is 0 Å². The van der Waals surface area contributed by atoms with Crippen LogP contribution in [0.5, 0.6) is 0 Å². The molecular formula is C9H11ClF2N2O. The third-order valence-corrected chi connectivity index (χ3v) is 1.93. The molecule has 1 aromatic rings. The molecule has 0 fully saturated rings. The van der Waals surface area contributed by atoms with E-state index in [-0.39, 0.29) is 11.2 Å². The molecule has 0 aromatic carbocycles. The van der Waals surface area contributed by atoms with Crippen molar-refractivity contribution in [3.8, 4) is 0 Å². The highest BCUT2D eigenvalue weighted by atomic mass is 35.5. The summed E-state index contributed by atoms with van der Waals surface area (Å²) in [6, 6.07) is 0.759. The van der Waals surface area contributed by atoms with Gasteiger partial charge in [0.2, 0.25) is 0 Å². The SMILES string of the molecule is COCC(Cl)CNc1ncc(F)cc1F. The molecule has 84 valence electrons. The van der Waals surface area contributed by atoms with Gasteiger partial charge >= 0.3 is 0 Å². The number of hydrogen-bond acceptors (Lipinski definition) is 3. The summed E-state index contributed by atoms with van der Waals surface area (Å²) in [5, 5.41) is 2.37. The lowest BCUT2D eigenvalue weighted by molar-refractivity contribution is 0.200. The van der Waals surface area contributed by atoms with Gasteiger partial charge in [0.05, 0.1) is 18.2 Å². The van der Waals surface area contributed by atoms with Gasteiger partial charge in [0.25, 0.3) is 0 Å². The number of anilines is 1. The summed E-state index contributed by atoms with van der Waals surface area (Å²) in [4.78, 5) is 3.55. The molecule has 1 unspecified atom stereocenters. The Morgan fingerprint density at radius 2 is 2.33 bits per heavy atom. The Morgan fingerprint density at radius 3 is 2.93 bits per heavy atom. The summed E-state index contributed by atoms with van der Waals surface area (Å²) in [5.41, 5.74) is 0. The number of hydrogen-bond donors (Lipinski definition) is 1. The van der Waals surface area contributed by atoms with Crippen molar-refractivity contribution in [1.82, 2.24) is 4.98 Å². The first-order chi connectivity index (χ1) is 7.13. The average molecular weight is 237 g/mol. The predicted molar refractivity (Wildman–Crippen MR) is 54.2 cm³/mol. The second-order valence-corrected chi connectivity index (χ2v) is 3.53. The number of pyridine rings is 1. The van der Waals surface area contributed by atoms with Crippen molar-refractivity contribution in [2.75, 3.05) is 25.6 Å². The maximum Gasteiger partial charge on any atom is 0.168 e. The minimum atomic E-state index is -0.740. The molecule has 0 saturated heterocycles. The number of ether oxygens (including phenoxy) is 1. The molecule has 1 rings (SSSR count). The summed E-state index contributed by atoms with van der Waals surface area (Å²) in [6.45, 7) is 0.641. The first-order valence-corrected chi connectivity index (χ1v) is 4.75. The van der Waals surface area contributed by atoms with Crippen LogP contribution in [0.1, 0.15) is 0 Å². The summed E-state index contributed by atoms with van der Waals surface area (Å²) < 4.78 is 30.3. The molecule has 0 spiro atoms. The van der Waals surface area contributed by atoms with Gasteiger partial charge in [-0.2, -0.15) is 0 Å². The van der Waals surface area contributed by atoms with E-state index in [4.69, 9.17) is 16.3 Å². The zero-order chi connectivity index (χ0) is 11.3. The van der Waals surface area contributed by atoms with Crippen molar-refractivity contribution >= 4 is 17.4 Å². The molecule has 15 heavy (non-hydrogen) atoms.